The average molecular weight is 284 g/mol. The van der Waals surface area contributed by atoms with Gasteiger partial charge in [-0.1, -0.05) is 39.3 Å². The zero-order valence-corrected chi connectivity index (χ0v) is 12.8. The minimum Gasteiger partial charge on any atom is -0.289 e. The van der Waals surface area contributed by atoms with Crippen molar-refractivity contribution < 1.29 is 9.18 Å². The molecular formula is C19H21FO. The SMILES string of the molecule is CCCc1cc(C(=O)c2ccc(F)cc2)ccc1C(C)C. The first kappa shape index (κ1) is 15.4. The molecular weight excluding hydrogens is 263 g/mol. The van der Waals surface area contributed by atoms with Gasteiger partial charge in [-0.05, 0) is 53.8 Å². The number of aryl methyl sites for hydroxylation is 1. The zero-order valence-electron chi connectivity index (χ0n) is 12.8. The molecule has 0 saturated carbocycles. The Morgan fingerprint density at radius 1 is 1.05 bits per heavy atom. The van der Waals surface area contributed by atoms with Gasteiger partial charge in [0.1, 0.15) is 5.82 Å². The average Bonchev–Trinajstić information content (AvgIpc) is 2.47. The number of benzene rings is 2. The molecule has 0 N–H and O–H groups in total. The van der Waals surface area contributed by atoms with E-state index in [-0.39, 0.29) is 11.6 Å². The largest absolute Gasteiger partial charge is 0.289 e. The fraction of sp³-hybridized carbons (Fsp3) is 0.316. The van der Waals surface area contributed by atoms with Gasteiger partial charge in [0.25, 0.3) is 0 Å². The highest BCUT2D eigenvalue weighted by molar-refractivity contribution is 6.09. The summed E-state index contributed by atoms with van der Waals surface area (Å²) in [6, 6.07) is 11.6. The molecule has 2 aromatic carbocycles. The fourth-order valence-corrected chi connectivity index (χ4v) is 2.56. The van der Waals surface area contributed by atoms with Crippen LogP contribution in [0.3, 0.4) is 0 Å². The van der Waals surface area contributed by atoms with Gasteiger partial charge in [0.15, 0.2) is 5.78 Å². The normalized spacial score (nSPS) is 10.9. The third-order valence-corrected chi connectivity index (χ3v) is 3.65. The van der Waals surface area contributed by atoms with Crippen molar-refractivity contribution in [3.05, 3.63) is 70.5 Å². The summed E-state index contributed by atoms with van der Waals surface area (Å²) in [7, 11) is 0. The van der Waals surface area contributed by atoms with Gasteiger partial charge in [0, 0.05) is 11.1 Å². The van der Waals surface area contributed by atoms with Crippen molar-refractivity contribution in [3.63, 3.8) is 0 Å². The van der Waals surface area contributed by atoms with E-state index in [2.05, 4.69) is 20.8 Å². The van der Waals surface area contributed by atoms with Crippen molar-refractivity contribution in [1.29, 1.82) is 0 Å². The molecule has 0 bridgehead atoms. The quantitative estimate of drug-likeness (QED) is 0.695. The van der Waals surface area contributed by atoms with E-state index in [4.69, 9.17) is 0 Å². The van der Waals surface area contributed by atoms with Crippen molar-refractivity contribution in [3.8, 4) is 0 Å². The topological polar surface area (TPSA) is 17.1 Å². The van der Waals surface area contributed by atoms with Crippen molar-refractivity contribution >= 4 is 5.78 Å². The van der Waals surface area contributed by atoms with Gasteiger partial charge in [0.2, 0.25) is 0 Å². The fourth-order valence-electron chi connectivity index (χ4n) is 2.56. The van der Waals surface area contributed by atoms with Crippen molar-refractivity contribution in [2.24, 2.45) is 0 Å². The third-order valence-electron chi connectivity index (χ3n) is 3.65. The Hall–Kier alpha value is -1.96. The lowest BCUT2D eigenvalue weighted by Gasteiger charge is -2.14. The lowest BCUT2D eigenvalue weighted by Crippen LogP contribution is -2.05. The van der Waals surface area contributed by atoms with Crippen LogP contribution < -0.4 is 0 Å². The highest BCUT2D eigenvalue weighted by Gasteiger charge is 2.13. The molecule has 0 aliphatic carbocycles. The van der Waals surface area contributed by atoms with E-state index in [1.54, 1.807) is 0 Å². The summed E-state index contributed by atoms with van der Waals surface area (Å²) in [5, 5.41) is 0. The number of halogens is 1. The Kier molecular flexibility index (Phi) is 4.89. The highest BCUT2D eigenvalue weighted by Crippen LogP contribution is 2.23. The first-order chi connectivity index (χ1) is 10.0. The molecule has 2 rings (SSSR count). The summed E-state index contributed by atoms with van der Waals surface area (Å²) in [5.74, 6) is 0.0672. The summed E-state index contributed by atoms with van der Waals surface area (Å²) < 4.78 is 12.9. The molecule has 110 valence electrons. The minimum absolute atomic E-state index is 0.0531. The second-order valence-corrected chi connectivity index (χ2v) is 5.65. The van der Waals surface area contributed by atoms with E-state index in [1.165, 1.54) is 35.4 Å². The molecule has 0 saturated heterocycles. The Morgan fingerprint density at radius 2 is 1.67 bits per heavy atom. The van der Waals surface area contributed by atoms with Crippen molar-refractivity contribution in [1.82, 2.24) is 0 Å². The molecule has 0 unspecified atom stereocenters. The van der Waals surface area contributed by atoms with Gasteiger partial charge in [-0.25, -0.2) is 4.39 Å². The maximum Gasteiger partial charge on any atom is 0.193 e. The molecule has 21 heavy (non-hydrogen) atoms. The van der Waals surface area contributed by atoms with Crippen LogP contribution in [0.25, 0.3) is 0 Å². The lowest BCUT2D eigenvalue weighted by atomic mass is 9.91. The maximum atomic E-state index is 12.9. The van der Waals surface area contributed by atoms with E-state index in [0.717, 1.165) is 12.8 Å². The van der Waals surface area contributed by atoms with Gasteiger partial charge in [-0.15, -0.1) is 0 Å². The van der Waals surface area contributed by atoms with Crippen LogP contribution in [-0.2, 0) is 6.42 Å². The van der Waals surface area contributed by atoms with Crippen LogP contribution in [0.1, 0.15) is 60.2 Å². The Bertz CT molecular complexity index is 627. The predicted molar refractivity (Wildman–Crippen MR) is 84.4 cm³/mol. The summed E-state index contributed by atoms with van der Waals surface area (Å²) in [6.45, 7) is 6.46. The molecule has 0 radical (unpaired) electrons. The summed E-state index contributed by atoms with van der Waals surface area (Å²) in [6.07, 6.45) is 2.02. The molecule has 0 spiro atoms. The standard InChI is InChI=1S/C19H21FO/c1-4-5-15-12-16(8-11-18(15)13(2)3)19(21)14-6-9-17(20)10-7-14/h6-13H,4-5H2,1-3H3. The van der Waals surface area contributed by atoms with Crippen LogP contribution in [0.4, 0.5) is 4.39 Å². The third kappa shape index (κ3) is 3.57. The van der Waals surface area contributed by atoms with Crippen molar-refractivity contribution in [2.45, 2.75) is 39.5 Å². The summed E-state index contributed by atoms with van der Waals surface area (Å²) in [5.41, 5.74) is 3.73. The molecule has 1 nitrogen and oxygen atoms in total. The Morgan fingerprint density at radius 3 is 2.24 bits per heavy atom. The van der Waals surface area contributed by atoms with E-state index in [1.807, 2.05) is 18.2 Å². The molecule has 0 heterocycles. The Balaban J connectivity index is 2.37. The predicted octanol–water partition coefficient (Wildman–Crippen LogP) is 5.13. The minimum atomic E-state index is -0.326. The van der Waals surface area contributed by atoms with Gasteiger partial charge in [0.05, 0.1) is 0 Å². The van der Waals surface area contributed by atoms with Crippen LogP contribution in [0.2, 0.25) is 0 Å². The summed E-state index contributed by atoms with van der Waals surface area (Å²) >= 11 is 0. The second kappa shape index (κ2) is 6.66. The maximum absolute atomic E-state index is 12.9. The van der Waals surface area contributed by atoms with Crippen LogP contribution in [0.15, 0.2) is 42.5 Å². The second-order valence-electron chi connectivity index (χ2n) is 5.65. The number of rotatable bonds is 5. The van der Waals surface area contributed by atoms with Crippen LogP contribution >= 0.6 is 0 Å². The number of hydrogen-bond donors (Lipinski definition) is 0. The Labute approximate surface area is 125 Å². The van der Waals surface area contributed by atoms with Gasteiger partial charge >= 0.3 is 0 Å². The van der Waals surface area contributed by atoms with Crippen LogP contribution in [0, 0.1) is 5.82 Å². The number of carbonyl (C=O) groups excluding carboxylic acids is 1. The van der Waals surface area contributed by atoms with Crippen LogP contribution in [-0.4, -0.2) is 5.78 Å². The molecule has 2 heteroatoms. The lowest BCUT2D eigenvalue weighted by molar-refractivity contribution is 0.103. The van der Waals surface area contributed by atoms with Crippen LogP contribution in [0.5, 0.6) is 0 Å². The molecule has 2 aromatic rings. The van der Waals surface area contributed by atoms with Gasteiger partial charge < -0.3 is 0 Å². The first-order valence-electron chi connectivity index (χ1n) is 7.46. The van der Waals surface area contributed by atoms with Gasteiger partial charge in [-0.2, -0.15) is 0 Å². The number of hydrogen-bond acceptors (Lipinski definition) is 1. The molecule has 0 aliphatic heterocycles. The van der Waals surface area contributed by atoms with Crippen molar-refractivity contribution in [2.75, 3.05) is 0 Å². The summed E-state index contributed by atoms with van der Waals surface area (Å²) in [4.78, 5) is 12.5. The number of ketones is 1. The number of carbonyl (C=O) groups is 1. The van der Waals surface area contributed by atoms with Gasteiger partial charge in [-0.3, -0.25) is 4.79 Å². The molecule has 0 atom stereocenters. The smallest absolute Gasteiger partial charge is 0.193 e. The molecule has 0 aromatic heterocycles. The molecule has 0 amide bonds. The first-order valence-corrected chi connectivity index (χ1v) is 7.46. The van der Waals surface area contributed by atoms with E-state index >= 15 is 0 Å². The zero-order chi connectivity index (χ0) is 15.4. The van der Waals surface area contributed by atoms with E-state index < -0.39 is 0 Å². The van der Waals surface area contributed by atoms with E-state index in [0.29, 0.717) is 17.0 Å². The molecule has 0 fully saturated rings. The van der Waals surface area contributed by atoms with E-state index in [9.17, 15) is 9.18 Å². The monoisotopic (exact) mass is 284 g/mol. The highest BCUT2D eigenvalue weighted by atomic mass is 19.1. The molecule has 0 aliphatic rings.